The van der Waals surface area contributed by atoms with Crippen molar-refractivity contribution in [3.63, 3.8) is 0 Å². The quantitative estimate of drug-likeness (QED) is 0.199. The molecule has 0 aromatic rings. The van der Waals surface area contributed by atoms with Gasteiger partial charge in [-0.25, -0.2) is 0 Å². The summed E-state index contributed by atoms with van der Waals surface area (Å²) in [7, 11) is 0. The van der Waals surface area contributed by atoms with Crippen LogP contribution in [0.2, 0.25) is 0 Å². The zero-order chi connectivity index (χ0) is 19.0. The summed E-state index contributed by atoms with van der Waals surface area (Å²) in [4.78, 5) is 25.0. The summed E-state index contributed by atoms with van der Waals surface area (Å²) in [5.74, 6) is -0.827. The second-order valence-corrected chi connectivity index (χ2v) is 6.89. The predicted octanol–water partition coefficient (Wildman–Crippen LogP) is 5.82. The minimum absolute atomic E-state index is 0.394. The summed E-state index contributed by atoms with van der Waals surface area (Å²) in [5.41, 5.74) is -1.13. The van der Waals surface area contributed by atoms with Crippen LogP contribution in [0.5, 0.6) is 0 Å². The number of carbonyl (C=O) groups excluding carboxylic acids is 2. The lowest BCUT2D eigenvalue weighted by Gasteiger charge is -2.27. The topological polar surface area (TPSA) is 52.6 Å². The van der Waals surface area contributed by atoms with E-state index in [0.717, 1.165) is 38.5 Å². The molecule has 0 N–H and O–H groups in total. The third-order valence-corrected chi connectivity index (χ3v) is 4.95. The molecule has 0 fully saturated rings. The normalized spacial score (nSPS) is 11.4. The van der Waals surface area contributed by atoms with E-state index in [1.807, 2.05) is 13.8 Å². The highest BCUT2D eigenvalue weighted by Crippen LogP contribution is 2.30. The molecule has 25 heavy (non-hydrogen) atoms. The molecular formula is C21H40O4. The zero-order valence-electron chi connectivity index (χ0n) is 17.0. The molecule has 0 rings (SSSR count). The van der Waals surface area contributed by atoms with Gasteiger partial charge in [0.05, 0.1) is 13.2 Å². The van der Waals surface area contributed by atoms with Crippen LogP contribution in [-0.2, 0) is 19.1 Å². The Balaban J connectivity index is 4.28. The first-order valence-electron chi connectivity index (χ1n) is 10.4. The van der Waals surface area contributed by atoms with Gasteiger partial charge in [-0.2, -0.15) is 0 Å². The Morgan fingerprint density at radius 2 is 0.960 bits per heavy atom. The number of ether oxygens (including phenoxy) is 2. The van der Waals surface area contributed by atoms with E-state index in [1.54, 1.807) is 0 Å². The SMILES string of the molecule is CCCCCCCCOC(=O)C(CC)(CC)C(=O)OCCCCCC. The molecule has 0 radical (unpaired) electrons. The average molecular weight is 357 g/mol. The van der Waals surface area contributed by atoms with Gasteiger partial charge in [0.2, 0.25) is 0 Å². The molecule has 0 aliphatic rings. The van der Waals surface area contributed by atoms with Gasteiger partial charge in [0.1, 0.15) is 0 Å². The molecule has 0 heterocycles. The second-order valence-electron chi connectivity index (χ2n) is 6.89. The van der Waals surface area contributed by atoms with Crippen molar-refractivity contribution in [3.8, 4) is 0 Å². The molecule has 0 aliphatic carbocycles. The molecule has 0 aromatic heterocycles. The van der Waals surface area contributed by atoms with Crippen molar-refractivity contribution >= 4 is 11.9 Å². The van der Waals surface area contributed by atoms with Crippen LogP contribution in [0.15, 0.2) is 0 Å². The first kappa shape index (κ1) is 23.9. The van der Waals surface area contributed by atoms with Gasteiger partial charge in [-0.05, 0) is 25.7 Å². The molecule has 0 bridgehead atoms. The van der Waals surface area contributed by atoms with Gasteiger partial charge in [-0.3, -0.25) is 9.59 Å². The molecule has 0 atom stereocenters. The molecule has 0 aromatic carbocycles. The average Bonchev–Trinajstić information content (AvgIpc) is 2.62. The summed E-state index contributed by atoms with van der Waals surface area (Å²) >= 11 is 0. The predicted molar refractivity (Wildman–Crippen MR) is 102 cm³/mol. The first-order chi connectivity index (χ1) is 12.1. The van der Waals surface area contributed by atoms with Crippen LogP contribution in [0.3, 0.4) is 0 Å². The fraction of sp³-hybridized carbons (Fsp3) is 0.905. The van der Waals surface area contributed by atoms with Crippen LogP contribution in [-0.4, -0.2) is 25.2 Å². The summed E-state index contributed by atoms with van der Waals surface area (Å²) in [6.07, 6.45) is 11.9. The van der Waals surface area contributed by atoms with Crippen LogP contribution in [0.25, 0.3) is 0 Å². The fourth-order valence-corrected chi connectivity index (χ4v) is 2.93. The van der Waals surface area contributed by atoms with Crippen molar-refractivity contribution in [2.24, 2.45) is 5.41 Å². The lowest BCUT2D eigenvalue weighted by molar-refractivity contribution is -0.173. The molecule has 0 amide bonds. The Hall–Kier alpha value is -1.06. The maximum absolute atomic E-state index is 12.5. The highest BCUT2D eigenvalue weighted by Gasteiger charge is 2.45. The van der Waals surface area contributed by atoms with Crippen LogP contribution in [0.1, 0.15) is 105 Å². The summed E-state index contributed by atoms with van der Waals surface area (Å²) in [5, 5.41) is 0. The molecule has 4 heteroatoms. The standard InChI is InChI=1S/C21H40O4/c1-5-9-11-13-14-16-18-25-20(23)21(7-3,8-4)19(22)24-17-15-12-10-6-2/h5-18H2,1-4H3. The van der Waals surface area contributed by atoms with Crippen LogP contribution >= 0.6 is 0 Å². The van der Waals surface area contributed by atoms with Gasteiger partial charge < -0.3 is 9.47 Å². The monoisotopic (exact) mass is 356 g/mol. The maximum atomic E-state index is 12.5. The van der Waals surface area contributed by atoms with Crippen molar-refractivity contribution in [3.05, 3.63) is 0 Å². The minimum atomic E-state index is -1.13. The second kappa shape index (κ2) is 15.2. The fourth-order valence-electron chi connectivity index (χ4n) is 2.93. The van der Waals surface area contributed by atoms with Crippen LogP contribution < -0.4 is 0 Å². The van der Waals surface area contributed by atoms with E-state index in [-0.39, 0.29) is 0 Å². The van der Waals surface area contributed by atoms with E-state index in [1.165, 1.54) is 25.7 Å². The van der Waals surface area contributed by atoms with Gasteiger partial charge in [-0.15, -0.1) is 0 Å². The number of esters is 2. The molecular weight excluding hydrogens is 316 g/mol. The zero-order valence-corrected chi connectivity index (χ0v) is 17.0. The molecule has 4 nitrogen and oxygen atoms in total. The van der Waals surface area contributed by atoms with Gasteiger partial charge in [0.25, 0.3) is 0 Å². The molecule has 0 unspecified atom stereocenters. The Labute approximate surface area is 155 Å². The van der Waals surface area contributed by atoms with E-state index >= 15 is 0 Å². The first-order valence-corrected chi connectivity index (χ1v) is 10.4. The molecule has 0 saturated carbocycles. The number of hydrogen-bond acceptors (Lipinski definition) is 4. The smallest absolute Gasteiger partial charge is 0.323 e. The van der Waals surface area contributed by atoms with Gasteiger partial charge >= 0.3 is 11.9 Å². The number of carbonyl (C=O) groups is 2. The van der Waals surface area contributed by atoms with E-state index < -0.39 is 17.4 Å². The van der Waals surface area contributed by atoms with Gasteiger partial charge in [0, 0.05) is 0 Å². The largest absolute Gasteiger partial charge is 0.465 e. The molecule has 0 saturated heterocycles. The number of rotatable bonds is 16. The highest BCUT2D eigenvalue weighted by atomic mass is 16.6. The third kappa shape index (κ3) is 9.27. The van der Waals surface area contributed by atoms with E-state index in [9.17, 15) is 9.59 Å². The summed E-state index contributed by atoms with van der Waals surface area (Å²) < 4.78 is 10.8. The molecule has 0 spiro atoms. The van der Waals surface area contributed by atoms with Gasteiger partial charge in [-0.1, -0.05) is 79.1 Å². The van der Waals surface area contributed by atoms with Crippen molar-refractivity contribution in [2.75, 3.05) is 13.2 Å². The number of hydrogen-bond donors (Lipinski definition) is 0. The number of unbranched alkanes of at least 4 members (excludes halogenated alkanes) is 8. The van der Waals surface area contributed by atoms with Gasteiger partial charge in [0.15, 0.2) is 5.41 Å². The van der Waals surface area contributed by atoms with E-state index in [4.69, 9.17) is 9.47 Å². The molecule has 0 aliphatic heterocycles. The Morgan fingerprint density at radius 3 is 1.36 bits per heavy atom. The van der Waals surface area contributed by atoms with Crippen molar-refractivity contribution in [1.29, 1.82) is 0 Å². The minimum Gasteiger partial charge on any atom is -0.465 e. The highest BCUT2D eigenvalue weighted by molar-refractivity contribution is 5.99. The van der Waals surface area contributed by atoms with E-state index in [2.05, 4.69) is 13.8 Å². The van der Waals surface area contributed by atoms with Crippen molar-refractivity contribution in [2.45, 2.75) is 105 Å². The van der Waals surface area contributed by atoms with Crippen molar-refractivity contribution < 1.29 is 19.1 Å². The molecule has 148 valence electrons. The Morgan fingerprint density at radius 1 is 0.600 bits per heavy atom. The van der Waals surface area contributed by atoms with E-state index in [0.29, 0.717) is 26.1 Å². The third-order valence-electron chi connectivity index (χ3n) is 4.95. The summed E-state index contributed by atoms with van der Waals surface area (Å²) in [6, 6.07) is 0. The lowest BCUT2D eigenvalue weighted by atomic mass is 9.82. The van der Waals surface area contributed by atoms with Crippen LogP contribution in [0.4, 0.5) is 0 Å². The Bertz CT molecular complexity index is 348. The maximum Gasteiger partial charge on any atom is 0.323 e. The lowest BCUT2D eigenvalue weighted by Crippen LogP contribution is -2.41. The van der Waals surface area contributed by atoms with Crippen molar-refractivity contribution in [1.82, 2.24) is 0 Å². The Kier molecular flexibility index (Phi) is 14.6. The summed E-state index contributed by atoms with van der Waals surface area (Å²) in [6.45, 7) is 8.84. The van der Waals surface area contributed by atoms with Crippen LogP contribution in [0, 0.1) is 5.41 Å².